The van der Waals surface area contributed by atoms with Crippen LogP contribution in [0.3, 0.4) is 0 Å². The van der Waals surface area contributed by atoms with Crippen LogP contribution in [0.2, 0.25) is 0 Å². The van der Waals surface area contributed by atoms with Crippen LogP contribution in [0, 0.1) is 5.82 Å². The normalized spacial score (nSPS) is 10.8. The smallest absolute Gasteiger partial charge is 0.313 e. The Kier molecular flexibility index (Phi) is 4.77. The molecule has 1 aromatic carbocycles. The number of nitrogens with zero attached hydrogens (tertiary/aromatic N) is 3. The molecule has 5 nitrogen and oxygen atoms in total. The van der Waals surface area contributed by atoms with Gasteiger partial charge in [0.25, 0.3) is 0 Å². The first-order valence-corrected chi connectivity index (χ1v) is 7.53. The molecule has 0 radical (unpaired) electrons. The molecule has 0 spiro atoms. The minimum Gasteiger partial charge on any atom is -0.481 e. The van der Waals surface area contributed by atoms with Gasteiger partial charge in [0.1, 0.15) is 5.82 Å². The van der Waals surface area contributed by atoms with Gasteiger partial charge in [0.15, 0.2) is 11.0 Å². The summed E-state index contributed by atoms with van der Waals surface area (Å²) in [5.41, 5.74) is 0.591. The van der Waals surface area contributed by atoms with Crippen LogP contribution in [0.15, 0.2) is 27.8 Å². The Morgan fingerprint density at radius 1 is 1.45 bits per heavy atom. The molecule has 106 valence electrons. The second-order valence-electron chi connectivity index (χ2n) is 3.89. The van der Waals surface area contributed by atoms with Crippen LogP contribution < -0.4 is 0 Å². The lowest BCUT2D eigenvalue weighted by Crippen LogP contribution is -2.03. The molecule has 1 aromatic heterocycles. The van der Waals surface area contributed by atoms with Gasteiger partial charge in [0.05, 0.1) is 5.75 Å². The highest BCUT2D eigenvalue weighted by Gasteiger charge is 2.15. The number of carbonyl (C=O) groups is 1. The molecule has 1 heterocycles. The highest BCUT2D eigenvalue weighted by molar-refractivity contribution is 9.10. The number of aliphatic carboxylic acids is 1. The van der Waals surface area contributed by atoms with E-state index in [1.54, 1.807) is 10.6 Å². The van der Waals surface area contributed by atoms with Crippen molar-refractivity contribution >= 4 is 33.7 Å². The largest absolute Gasteiger partial charge is 0.481 e. The maximum absolute atomic E-state index is 13.4. The van der Waals surface area contributed by atoms with Crippen molar-refractivity contribution in [3.63, 3.8) is 0 Å². The molecule has 0 atom stereocenters. The van der Waals surface area contributed by atoms with Crippen LogP contribution in [0.4, 0.5) is 4.39 Å². The minimum atomic E-state index is -0.921. The number of hydrogen-bond donors (Lipinski definition) is 1. The fraction of sp³-hybridized carbons (Fsp3) is 0.250. The van der Waals surface area contributed by atoms with Gasteiger partial charge < -0.3 is 9.67 Å². The number of carboxylic acids is 1. The number of halogens is 2. The summed E-state index contributed by atoms with van der Waals surface area (Å²) in [6.07, 6.45) is 0. The van der Waals surface area contributed by atoms with Gasteiger partial charge in [-0.2, -0.15) is 0 Å². The molecule has 2 rings (SSSR count). The second kappa shape index (κ2) is 6.36. The fourth-order valence-electron chi connectivity index (χ4n) is 1.70. The van der Waals surface area contributed by atoms with Crippen molar-refractivity contribution in [2.45, 2.75) is 18.6 Å². The number of hydrogen-bond acceptors (Lipinski definition) is 4. The van der Waals surface area contributed by atoms with Gasteiger partial charge in [-0.3, -0.25) is 4.79 Å². The number of benzene rings is 1. The molecule has 0 aliphatic rings. The first-order valence-electron chi connectivity index (χ1n) is 5.75. The molecular formula is C12H11BrFN3O2S. The maximum Gasteiger partial charge on any atom is 0.313 e. The molecule has 0 saturated heterocycles. The van der Waals surface area contributed by atoms with Crippen LogP contribution in [0.5, 0.6) is 0 Å². The van der Waals surface area contributed by atoms with E-state index in [9.17, 15) is 9.18 Å². The van der Waals surface area contributed by atoms with Gasteiger partial charge in [0, 0.05) is 16.6 Å². The summed E-state index contributed by atoms with van der Waals surface area (Å²) >= 11 is 4.32. The SMILES string of the molecule is CCn1c(SCC(=O)O)nnc1-c1cc(F)cc(Br)c1. The lowest BCUT2D eigenvalue weighted by molar-refractivity contribution is -0.133. The number of thioether (sulfide) groups is 1. The summed E-state index contributed by atoms with van der Waals surface area (Å²) in [5.74, 6) is -0.874. The van der Waals surface area contributed by atoms with E-state index >= 15 is 0 Å². The topological polar surface area (TPSA) is 68.0 Å². The molecule has 8 heteroatoms. The van der Waals surface area contributed by atoms with Crippen LogP contribution in [-0.4, -0.2) is 31.6 Å². The van der Waals surface area contributed by atoms with E-state index in [0.717, 1.165) is 11.8 Å². The Labute approximate surface area is 127 Å². The molecule has 0 saturated carbocycles. The number of carboxylic acid groups (broad SMARTS) is 1. The molecule has 0 fully saturated rings. The molecular weight excluding hydrogens is 349 g/mol. The summed E-state index contributed by atoms with van der Waals surface area (Å²) in [5, 5.41) is 17.2. The number of rotatable bonds is 5. The van der Waals surface area contributed by atoms with E-state index in [1.165, 1.54) is 12.1 Å². The molecule has 0 aliphatic carbocycles. The summed E-state index contributed by atoms with van der Waals surface area (Å²) < 4.78 is 15.8. The van der Waals surface area contributed by atoms with Gasteiger partial charge in [0.2, 0.25) is 0 Å². The molecule has 0 aliphatic heterocycles. The highest BCUT2D eigenvalue weighted by atomic mass is 79.9. The monoisotopic (exact) mass is 359 g/mol. The average Bonchev–Trinajstić information content (AvgIpc) is 2.77. The maximum atomic E-state index is 13.4. The van der Waals surface area contributed by atoms with E-state index in [4.69, 9.17) is 5.11 Å². The van der Waals surface area contributed by atoms with Crippen LogP contribution in [-0.2, 0) is 11.3 Å². The van der Waals surface area contributed by atoms with Gasteiger partial charge in [-0.05, 0) is 25.1 Å². The second-order valence-corrected chi connectivity index (χ2v) is 5.75. The molecule has 1 N–H and O–H groups in total. The Morgan fingerprint density at radius 3 is 2.80 bits per heavy atom. The standard InChI is InChI=1S/C12H11BrFN3O2S/c1-2-17-11(7-3-8(13)5-9(14)4-7)15-16-12(17)20-6-10(18)19/h3-5H,2,6H2,1H3,(H,18,19). The van der Waals surface area contributed by atoms with E-state index < -0.39 is 5.97 Å². The highest BCUT2D eigenvalue weighted by Crippen LogP contribution is 2.26. The fourth-order valence-corrected chi connectivity index (χ4v) is 2.89. The average molecular weight is 360 g/mol. The third-order valence-corrected chi connectivity index (χ3v) is 3.89. The zero-order valence-electron chi connectivity index (χ0n) is 10.5. The lowest BCUT2D eigenvalue weighted by atomic mass is 10.2. The van der Waals surface area contributed by atoms with Crippen LogP contribution in [0.1, 0.15) is 6.92 Å². The van der Waals surface area contributed by atoms with Gasteiger partial charge in [-0.15, -0.1) is 10.2 Å². The Morgan fingerprint density at radius 2 is 2.20 bits per heavy atom. The predicted molar refractivity (Wildman–Crippen MR) is 77.1 cm³/mol. The summed E-state index contributed by atoms with van der Waals surface area (Å²) in [7, 11) is 0. The van der Waals surface area contributed by atoms with Crippen molar-refractivity contribution in [3.05, 3.63) is 28.5 Å². The molecule has 0 amide bonds. The van der Waals surface area contributed by atoms with E-state index in [1.807, 2.05) is 6.92 Å². The molecule has 0 unspecified atom stereocenters. The molecule has 20 heavy (non-hydrogen) atoms. The van der Waals surface area contributed by atoms with Crippen LogP contribution in [0.25, 0.3) is 11.4 Å². The Hall–Kier alpha value is -1.41. The van der Waals surface area contributed by atoms with E-state index in [2.05, 4.69) is 26.1 Å². The van der Waals surface area contributed by atoms with Crippen molar-refractivity contribution in [3.8, 4) is 11.4 Å². The van der Waals surface area contributed by atoms with Crippen molar-refractivity contribution in [1.82, 2.24) is 14.8 Å². The van der Waals surface area contributed by atoms with Crippen molar-refractivity contribution in [2.24, 2.45) is 0 Å². The summed E-state index contributed by atoms with van der Waals surface area (Å²) in [6, 6.07) is 4.47. The van der Waals surface area contributed by atoms with Crippen molar-refractivity contribution in [2.75, 3.05) is 5.75 Å². The Balaban J connectivity index is 2.39. The van der Waals surface area contributed by atoms with Crippen molar-refractivity contribution < 1.29 is 14.3 Å². The predicted octanol–water partition coefficient (Wildman–Crippen LogP) is 3.04. The lowest BCUT2D eigenvalue weighted by Gasteiger charge is -2.07. The summed E-state index contributed by atoms with van der Waals surface area (Å²) in [4.78, 5) is 10.6. The third-order valence-electron chi connectivity index (χ3n) is 2.48. The summed E-state index contributed by atoms with van der Waals surface area (Å²) in [6.45, 7) is 2.46. The quantitative estimate of drug-likeness (QED) is 0.831. The van der Waals surface area contributed by atoms with Gasteiger partial charge in [-0.1, -0.05) is 27.7 Å². The first-order chi connectivity index (χ1) is 9.51. The molecule has 2 aromatic rings. The minimum absolute atomic E-state index is 0.0923. The zero-order valence-corrected chi connectivity index (χ0v) is 12.9. The van der Waals surface area contributed by atoms with Gasteiger partial charge >= 0.3 is 5.97 Å². The van der Waals surface area contributed by atoms with Crippen LogP contribution >= 0.6 is 27.7 Å². The van der Waals surface area contributed by atoms with Gasteiger partial charge in [-0.25, -0.2) is 4.39 Å². The number of aromatic nitrogens is 3. The first kappa shape index (κ1) is 15.0. The molecule has 0 bridgehead atoms. The van der Waals surface area contributed by atoms with Crippen molar-refractivity contribution in [1.29, 1.82) is 0 Å². The third kappa shape index (κ3) is 3.37. The van der Waals surface area contributed by atoms with E-state index in [-0.39, 0.29) is 11.6 Å². The van der Waals surface area contributed by atoms with E-state index in [0.29, 0.717) is 27.6 Å². The Bertz CT molecular complexity index is 627. The zero-order chi connectivity index (χ0) is 14.7.